The van der Waals surface area contributed by atoms with Gasteiger partial charge in [-0.05, 0) is 31.6 Å². The fraction of sp³-hybridized carbons (Fsp3) is 0.800. The lowest BCUT2D eigenvalue weighted by Gasteiger charge is -2.24. The van der Waals surface area contributed by atoms with Crippen LogP contribution in [0, 0.1) is 5.92 Å². The van der Waals surface area contributed by atoms with Crippen LogP contribution in [0.2, 0.25) is 0 Å². The Bertz CT molecular complexity index is 149. The molecule has 0 radical (unpaired) electrons. The second-order valence-electron chi connectivity index (χ2n) is 3.35. The fourth-order valence-electron chi connectivity index (χ4n) is 1.90. The molecule has 0 aromatic carbocycles. The average molecular weight is 154 g/mol. The molecule has 0 bridgehead atoms. The van der Waals surface area contributed by atoms with E-state index in [0.717, 1.165) is 18.8 Å². The van der Waals surface area contributed by atoms with E-state index in [1.54, 1.807) is 0 Å². The molecular weight excluding hydrogens is 136 g/mol. The molecule has 1 N–H and O–H groups in total. The fourth-order valence-corrected chi connectivity index (χ4v) is 1.90. The molecule has 1 rings (SSSR count). The van der Waals surface area contributed by atoms with Gasteiger partial charge in [0, 0.05) is 0 Å². The lowest BCUT2D eigenvalue weighted by molar-refractivity contribution is 0.189. The zero-order valence-electron chi connectivity index (χ0n) is 7.51. The third-order valence-corrected chi connectivity index (χ3v) is 2.64. The molecular formula is C10H18O. The van der Waals surface area contributed by atoms with E-state index < -0.39 is 0 Å². The number of hydrogen-bond donors (Lipinski definition) is 1. The van der Waals surface area contributed by atoms with Crippen molar-refractivity contribution in [1.82, 2.24) is 0 Å². The van der Waals surface area contributed by atoms with Gasteiger partial charge in [0.1, 0.15) is 0 Å². The SMILES string of the molecule is CCC1=CC(O)CCC1CC. The molecule has 1 aliphatic carbocycles. The van der Waals surface area contributed by atoms with Gasteiger partial charge in [-0.1, -0.05) is 25.5 Å². The zero-order valence-corrected chi connectivity index (χ0v) is 7.51. The minimum Gasteiger partial charge on any atom is -0.389 e. The third kappa shape index (κ3) is 2.06. The Hall–Kier alpha value is -0.300. The number of aliphatic hydroxyl groups is 1. The van der Waals surface area contributed by atoms with Crippen LogP contribution in [0.1, 0.15) is 39.5 Å². The van der Waals surface area contributed by atoms with Crippen molar-refractivity contribution in [3.8, 4) is 0 Å². The molecule has 1 aliphatic rings. The summed E-state index contributed by atoms with van der Waals surface area (Å²) in [7, 11) is 0. The number of aliphatic hydroxyl groups excluding tert-OH is 1. The number of hydrogen-bond acceptors (Lipinski definition) is 1. The first kappa shape index (κ1) is 8.79. The van der Waals surface area contributed by atoms with Crippen molar-refractivity contribution in [2.24, 2.45) is 5.92 Å². The lowest BCUT2D eigenvalue weighted by Crippen LogP contribution is -2.16. The first-order valence-corrected chi connectivity index (χ1v) is 4.66. The van der Waals surface area contributed by atoms with E-state index in [-0.39, 0.29) is 6.10 Å². The van der Waals surface area contributed by atoms with E-state index in [0.29, 0.717) is 0 Å². The van der Waals surface area contributed by atoms with E-state index in [1.807, 2.05) is 0 Å². The van der Waals surface area contributed by atoms with Gasteiger partial charge < -0.3 is 5.11 Å². The van der Waals surface area contributed by atoms with Crippen LogP contribution >= 0.6 is 0 Å². The standard InChI is InChI=1S/C10H18O/c1-3-8-5-6-10(11)7-9(8)4-2/h7-8,10-11H,3-6H2,1-2H3. The summed E-state index contributed by atoms with van der Waals surface area (Å²) in [6.07, 6.45) is 6.37. The average Bonchev–Trinajstić information content (AvgIpc) is 2.04. The second-order valence-corrected chi connectivity index (χ2v) is 3.35. The third-order valence-electron chi connectivity index (χ3n) is 2.64. The number of allylic oxidation sites excluding steroid dienone is 1. The molecule has 0 saturated carbocycles. The van der Waals surface area contributed by atoms with E-state index >= 15 is 0 Å². The van der Waals surface area contributed by atoms with Crippen molar-refractivity contribution < 1.29 is 5.11 Å². The van der Waals surface area contributed by atoms with Gasteiger partial charge in [0.05, 0.1) is 6.10 Å². The van der Waals surface area contributed by atoms with Crippen LogP contribution in [0.4, 0.5) is 0 Å². The highest BCUT2D eigenvalue weighted by atomic mass is 16.3. The summed E-state index contributed by atoms with van der Waals surface area (Å²) >= 11 is 0. The van der Waals surface area contributed by atoms with Gasteiger partial charge >= 0.3 is 0 Å². The Morgan fingerprint density at radius 2 is 2.18 bits per heavy atom. The minimum absolute atomic E-state index is 0.159. The number of rotatable bonds is 2. The second kappa shape index (κ2) is 3.91. The first-order valence-electron chi connectivity index (χ1n) is 4.66. The molecule has 1 heteroatoms. The summed E-state index contributed by atoms with van der Waals surface area (Å²) in [5.74, 6) is 0.753. The van der Waals surface area contributed by atoms with Crippen molar-refractivity contribution in [3.63, 3.8) is 0 Å². The normalized spacial score (nSPS) is 31.7. The van der Waals surface area contributed by atoms with Gasteiger partial charge in [-0.3, -0.25) is 0 Å². The summed E-state index contributed by atoms with van der Waals surface area (Å²) in [4.78, 5) is 0. The van der Waals surface area contributed by atoms with Gasteiger partial charge in [0.25, 0.3) is 0 Å². The summed E-state index contributed by atoms with van der Waals surface area (Å²) in [5.41, 5.74) is 1.46. The summed E-state index contributed by atoms with van der Waals surface area (Å²) < 4.78 is 0. The Balaban J connectivity index is 2.63. The molecule has 1 nitrogen and oxygen atoms in total. The lowest BCUT2D eigenvalue weighted by atomic mass is 9.83. The van der Waals surface area contributed by atoms with Crippen LogP contribution in [0.25, 0.3) is 0 Å². The summed E-state index contributed by atoms with van der Waals surface area (Å²) in [5, 5.41) is 9.35. The molecule has 11 heavy (non-hydrogen) atoms. The largest absolute Gasteiger partial charge is 0.389 e. The van der Waals surface area contributed by atoms with Gasteiger partial charge in [-0.25, -0.2) is 0 Å². The van der Waals surface area contributed by atoms with Crippen LogP contribution in [0.5, 0.6) is 0 Å². The Morgan fingerprint density at radius 3 is 2.73 bits per heavy atom. The zero-order chi connectivity index (χ0) is 8.27. The predicted molar refractivity (Wildman–Crippen MR) is 47.4 cm³/mol. The molecule has 0 saturated heterocycles. The summed E-state index contributed by atoms with van der Waals surface area (Å²) in [6.45, 7) is 4.40. The van der Waals surface area contributed by atoms with Gasteiger partial charge in [0.15, 0.2) is 0 Å². The molecule has 0 heterocycles. The van der Waals surface area contributed by atoms with Crippen LogP contribution < -0.4 is 0 Å². The van der Waals surface area contributed by atoms with Gasteiger partial charge in [0.2, 0.25) is 0 Å². The first-order chi connectivity index (χ1) is 5.27. The van der Waals surface area contributed by atoms with Crippen LogP contribution in [-0.2, 0) is 0 Å². The molecule has 0 aromatic heterocycles. The van der Waals surface area contributed by atoms with Crippen LogP contribution in [-0.4, -0.2) is 11.2 Å². The molecule has 64 valence electrons. The van der Waals surface area contributed by atoms with Gasteiger partial charge in [-0.2, -0.15) is 0 Å². The summed E-state index contributed by atoms with van der Waals surface area (Å²) in [6, 6.07) is 0. The maximum atomic E-state index is 9.35. The van der Waals surface area contributed by atoms with E-state index in [1.165, 1.54) is 18.4 Å². The Labute approximate surface area is 69.1 Å². The molecule has 0 amide bonds. The molecule has 0 fully saturated rings. The molecule has 0 aliphatic heterocycles. The van der Waals surface area contributed by atoms with Crippen molar-refractivity contribution in [3.05, 3.63) is 11.6 Å². The van der Waals surface area contributed by atoms with Crippen molar-refractivity contribution in [2.45, 2.75) is 45.6 Å². The van der Waals surface area contributed by atoms with Gasteiger partial charge in [-0.15, -0.1) is 0 Å². The highest BCUT2D eigenvalue weighted by Crippen LogP contribution is 2.29. The van der Waals surface area contributed by atoms with E-state index in [9.17, 15) is 5.11 Å². The molecule has 0 aromatic rings. The highest BCUT2D eigenvalue weighted by Gasteiger charge is 2.18. The Kier molecular flexibility index (Phi) is 3.13. The molecule has 2 atom stereocenters. The van der Waals surface area contributed by atoms with E-state index in [4.69, 9.17) is 0 Å². The monoisotopic (exact) mass is 154 g/mol. The topological polar surface area (TPSA) is 20.2 Å². The van der Waals surface area contributed by atoms with Crippen molar-refractivity contribution >= 4 is 0 Å². The van der Waals surface area contributed by atoms with E-state index in [2.05, 4.69) is 19.9 Å². The van der Waals surface area contributed by atoms with Crippen molar-refractivity contribution in [1.29, 1.82) is 0 Å². The highest BCUT2D eigenvalue weighted by molar-refractivity contribution is 5.12. The van der Waals surface area contributed by atoms with Crippen LogP contribution in [0.15, 0.2) is 11.6 Å². The van der Waals surface area contributed by atoms with Crippen molar-refractivity contribution in [2.75, 3.05) is 0 Å². The Morgan fingerprint density at radius 1 is 1.45 bits per heavy atom. The maximum Gasteiger partial charge on any atom is 0.0723 e. The minimum atomic E-state index is -0.159. The maximum absolute atomic E-state index is 9.35. The predicted octanol–water partition coefficient (Wildman–Crippen LogP) is 2.50. The molecule has 2 unspecified atom stereocenters. The quantitative estimate of drug-likeness (QED) is 0.606. The smallest absolute Gasteiger partial charge is 0.0723 e. The molecule has 0 spiro atoms. The van der Waals surface area contributed by atoms with Crippen LogP contribution in [0.3, 0.4) is 0 Å².